The molecule has 2 aromatic heterocycles. The summed E-state index contributed by atoms with van der Waals surface area (Å²) in [6, 6.07) is 3.71. The predicted octanol–water partition coefficient (Wildman–Crippen LogP) is 0.794. The fraction of sp³-hybridized carbons (Fsp3) is 0.571. The molecule has 10 nitrogen and oxygen atoms in total. The van der Waals surface area contributed by atoms with Gasteiger partial charge in [0.2, 0.25) is 11.9 Å². The average Bonchev–Trinajstić information content (AvgIpc) is 2.85. The molecule has 0 unspecified atom stereocenters. The van der Waals surface area contributed by atoms with Gasteiger partial charge >= 0.3 is 0 Å². The van der Waals surface area contributed by atoms with Gasteiger partial charge in [0.25, 0.3) is 0 Å². The second-order valence-electron chi connectivity index (χ2n) is 7.64. The van der Waals surface area contributed by atoms with Crippen molar-refractivity contribution in [2.24, 2.45) is 4.99 Å². The van der Waals surface area contributed by atoms with Crippen LogP contribution in [0.1, 0.15) is 6.92 Å². The summed E-state index contributed by atoms with van der Waals surface area (Å²) in [6.45, 7) is 12.3. The van der Waals surface area contributed by atoms with Crippen LogP contribution in [0.4, 0.5) is 11.9 Å². The molecule has 0 atom stereocenters. The minimum atomic E-state index is 0. The number of hydrogen-bond donors (Lipinski definition) is 1. The number of anilines is 2. The number of guanidine groups is 1. The molecule has 0 saturated carbocycles. The summed E-state index contributed by atoms with van der Waals surface area (Å²) in [4.78, 5) is 31.7. The van der Waals surface area contributed by atoms with Crippen LogP contribution < -0.4 is 15.1 Å². The van der Waals surface area contributed by atoms with E-state index in [1.54, 1.807) is 24.8 Å². The van der Waals surface area contributed by atoms with Crippen molar-refractivity contribution in [2.75, 3.05) is 81.8 Å². The molecule has 1 N–H and O–H groups in total. The maximum atomic E-state index is 4.91. The standard InChI is InChI=1S/C21H32N10.HI/c1-2-22-19(30-15-17-31(18-16-30)21-25-7-4-8-26-21)27-9-10-28-11-13-29(14-12-28)20-23-5-3-6-24-20;/h3-8H,2,9-18H2,1H3,(H,22,27);1H. The lowest BCUT2D eigenvalue weighted by molar-refractivity contribution is 0.263. The van der Waals surface area contributed by atoms with Gasteiger partial charge in [-0.3, -0.25) is 9.89 Å². The van der Waals surface area contributed by atoms with Gasteiger partial charge in [-0.1, -0.05) is 0 Å². The van der Waals surface area contributed by atoms with Crippen molar-refractivity contribution < 1.29 is 0 Å². The topological polar surface area (TPSA) is 88.9 Å². The minimum absolute atomic E-state index is 0. The smallest absolute Gasteiger partial charge is 0.225 e. The summed E-state index contributed by atoms with van der Waals surface area (Å²) >= 11 is 0. The number of halogens is 1. The molecule has 174 valence electrons. The summed E-state index contributed by atoms with van der Waals surface area (Å²) in [5.74, 6) is 2.64. The molecular weight excluding hydrogens is 519 g/mol. The molecule has 2 aromatic rings. The van der Waals surface area contributed by atoms with Crippen LogP contribution in [0.2, 0.25) is 0 Å². The van der Waals surface area contributed by atoms with Gasteiger partial charge in [0.1, 0.15) is 0 Å². The Bertz CT molecular complexity index is 806. The van der Waals surface area contributed by atoms with Crippen LogP contribution in [0.3, 0.4) is 0 Å². The lowest BCUT2D eigenvalue weighted by Crippen LogP contribution is -2.53. The normalized spacial score (nSPS) is 17.8. The van der Waals surface area contributed by atoms with Gasteiger partial charge in [0.05, 0.1) is 6.54 Å². The molecule has 4 rings (SSSR count). The lowest BCUT2D eigenvalue weighted by atomic mass is 10.3. The number of hydrogen-bond acceptors (Lipinski definition) is 8. The van der Waals surface area contributed by atoms with Crippen LogP contribution in [0.25, 0.3) is 0 Å². The Morgan fingerprint density at radius 1 is 0.812 bits per heavy atom. The third kappa shape index (κ3) is 6.61. The van der Waals surface area contributed by atoms with Crippen molar-refractivity contribution >= 4 is 41.8 Å². The molecule has 2 aliphatic heterocycles. The molecule has 0 aliphatic carbocycles. The van der Waals surface area contributed by atoms with Crippen LogP contribution >= 0.6 is 24.0 Å². The van der Waals surface area contributed by atoms with Crippen LogP contribution in [0, 0.1) is 0 Å². The zero-order valence-corrected chi connectivity index (χ0v) is 21.0. The highest BCUT2D eigenvalue weighted by atomic mass is 127. The van der Waals surface area contributed by atoms with Gasteiger partial charge in [-0.25, -0.2) is 19.9 Å². The predicted molar refractivity (Wildman–Crippen MR) is 138 cm³/mol. The van der Waals surface area contributed by atoms with E-state index in [2.05, 4.69) is 51.8 Å². The lowest BCUT2D eigenvalue weighted by Gasteiger charge is -2.36. The molecular formula is C21H33IN10. The number of aromatic nitrogens is 4. The zero-order valence-electron chi connectivity index (χ0n) is 18.7. The number of nitrogens with zero attached hydrogens (tertiary/aromatic N) is 9. The number of piperazine rings is 2. The van der Waals surface area contributed by atoms with E-state index < -0.39 is 0 Å². The van der Waals surface area contributed by atoms with E-state index in [0.29, 0.717) is 0 Å². The highest BCUT2D eigenvalue weighted by Crippen LogP contribution is 2.11. The molecule has 2 saturated heterocycles. The Morgan fingerprint density at radius 3 is 1.81 bits per heavy atom. The first-order chi connectivity index (χ1) is 15.3. The monoisotopic (exact) mass is 552 g/mol. The molecule has 0 amide bonds. The maximum absolute atomic E-state index is 4.91. The highest BCUT2D eigenvalue weighted by molar-refractivity contribution is 14.0. The van der Waals surface area contributed by atoms with Crippen molar-refractivity contribution in [2.45, 2.75) is 6.92 Å². The molecule has 32 heavy (non-hydrogen) atoms. The first-order valence-electron chi connectivity index (χ1n) is 11.1. The van der Waals surface area contributed by atoms with E-state index in [1.807, 2.05) is 12.1 Å². The number of rotatable bonds is 6. The fourth-order valence-corrected chi connectivity index (χ4v) is 3.92. The van der Waals surface area contributed by atoms with E-state index in [9.17, 15) is 0 Å². The van der Waals surface area contributed by atoms with Crippen LogP contribution in [-0.2, 0) is 0 Å². The van der Waals surface area contributed by atoms with Gasteiger partial charge < -0.3 is 20.0 Å². The zero-order chi connectivity index (χ0) is 21.3. The SMILES string of the molecule is CCNC(=NCCN1CCN(c2ncccn2)CC1)N1CCN(c2ncccn2)CC1.I. The second-order valence-corrected chi connectivity index (χ2v) is 7.64. The van der Waals surface area contributed by atoms with Gasteiger partial charge in [-0.2, -0.15) is 0 Å². The Balaban J connectivity index is 0.00000289. The van der Waals surface area contributed by atoms with E-state index in [1.165, 1.54) is 0 Å². The third-order valence-corrected chi connectivity index (χ3v) is 5.63. The van der Waals surface area contributed by atoms with Gasteiger partial charge in [0, 0.05) is 90.2 Å². The van der Waals surface area contributed by atoms with E-state index in [-0.39, 0.29) is 24.0 Å². The molecule has 0 aromatic carbocycles. The van der Waals surface area contributed by atoms with E-state index >= 15 is 0 Å². The average molecular weight is 552 g/mol. The summed E-state index contributed by atoms with van der Waals surface area (Å²) in [6.07, 6.45) is 7.20. The van der Waals surface area contributed by atoms with Gasteiger partial charge in [0.15, 0.2) is 5.96 Å². The summed E-state index contributed by atoms with van der Waals surface area (Å²) < 4.78 is 0. The molecule has 4 heterocycles. The Hall–Kier alpha value is -2.28. The van der Waals surface area contributed by atoms with E-state index in [0.717, 1.165) is 89.8 Å². The summed E-state index contributed by atoms with van der Waals surface area (Å²) in [7, 11) is 0. The van der Waals surface area contributed by atoms with Gasteiger partial charge in [-0.05, 0) is 19.1 Å². The molecule has 2 aliphatic rings. The quantitative estimate of drug-likeness (QED) is 0.318. The van der Waals surface area contributed by atoms with Crippen molar-refractivity contribution in [3.8, 4) is 0 Å². The Kier molecular flexibility index (Phi) is 9.65. The summed E-state index contributed by atoms with van der Waals surface area (Å²) in [5.41, 5.74) is 0. The number of nitrogens with one attached hydrogen (secondary N) is 1. The van der Waals surface area contributed by atoms with Crippen molar-refractivity contribution in [3.63, 3.8) is 0 Å². The maximum Gasteiger partial charge on any atom is 0.225 e. The van der Waals surface area contributed by atoms with Gasteiger partial charge in [-0.15, -0.1) is 24.0 Å². The van der Waals surface area contributed by atoms with Crippen LogP contribution in [-0.4, -0.2) is 108 Å². The fourth-order valence-electron chi connectivity index (χ4n) is 3.92. The molecule has 0 bridgehead atoms. The largest absolute Gasteiger partial charge is 0.357 e. The Labute approximate surface area is 207 Å². The van der Waals surface area contributed by atoms with Crippen molar-refractivity contribution in [1.29, 1.82) is 0 Å². The van der Waals surface area contributed by atoms with Crippen LogP contribution in [0.5, 0.6) is 0 Å². The van der Waals surface area contributed by atoms with E-state index in [4.69, 9.17) is 4.99 Å². The molecule has 0 spiro atoms. The Morgan fingerprint density at radius 2 is 1.31 bits per heavy atom. The van der Waals surface area contributed by atoms with Crippen molar-refractivity contribution in [1.82, 2.24) is 35.1 Å². The van der Waals surface area contributed by atoms with Crippen molar-refractivity contribution in [3.05, 3.63) is 36.9 Å². The first kappa shape index (κ1) is 24.4. The second kappa shape index (κ2) is 12.7. The molecule has 11 heteroatoms. The first-order valence-corrected chi connectivity index (χ1v) is 11.1. The van der Waals surface area contributed by atoms with Crippen LogP contribution in [0.15, 0.2) is 41.9 Å². The number of aliphatic imine (C=N–C) groups is 1. The molecule has 2 fully saturated rings. The highest BCUT2D eigenvalue weighted by Gasteiger charge is 2.22. The molecule has 0 radical (unpaired) electrons. The third-order valence-electron chi connectivity index (χ3n) is 5.63. The summed E-state index contributed by atoms with van der Waals surface area (Å²) in [5, 5.41) is 3.46. The minimum Gasteiger partial charge on any atom is -0.357 e.